The third kappa shape index (κ3) is 146. The summed E-state index contributed by atoms with van der Waals surface area (Å²) in [5, 5.41) is 0. The van der Waals surface area contributed by atoms with Crippen LogP contribution in [-0.2, 0) is 4.74 Å². The summed E-state index contributed by atoms with van der Waals surface area (Å²) in [4.78, 5) is 0. The molecule has 1 nitrogen and oxygen atoms in total. The van der Waals surface area contributed by atoms with E-state index in [-0.39, 0.29) is 0 Å². The van der Waals surface area contributed by atoms with Crippen LogP contribution in [0.4, 0.5) is 12.9 Å². The maximum atomic E-state index is 9.67. The number of halogens is 3. The standard InChI is InChI=1S/C4H6O.BF3/c1-3-5-4-2;2-1(3)4/h3-4H,1-2H2;. The predicted molar refractivity (Wildman–Crippen MR) is 30.6 cm³/mol. The van der Waals surface area contributed by atoms with Gasteiger partial charge in [0.1, 0.15) is 0 Å². The van der Waals surface area contributed by atoms with Crippen LogP contribution in [-0.4, -0.2) is 7.54 Å². The second-order valence-corrected chi connectivity index (χ2v) is 0.717. The van der Waals surface area contributed by atoms with Crippen LogP contribution in [0.1, 0.15) is 0 Å². The zero-order valence-corrected chi connectivity index (χ0v) is 4.69. The molecule has 0 rings (SSSR count). The van der Waals surface area contributed by atoms with Crippen LogP contribution >= 0.6 is 0 Å². The average Bonchev–Trinajstić information content (AvgIpc) is 1.66. The number of rotatable bonds is 2. The number of hydrogen-bond acceptors (Lipinski definition) is 1. The predicted octanol–water partition coefficient (Wildman–Crippen LogP) is 2.17. The van der Waals surface area contributed by atoms with E-state index in [9.17, 15) is 12.9 Å². The van der Waals surface area contributed by atoms with Gasteiger partial charge in [0.15, 0.2) is 0 Å². The van der Waals surface area contributed by atoms with Crippen LogP contribution in [0.5, 0.6) is 0 Å². The Balaban J connectivity index is 0. The monoisotopic (exact) mass is 138 g/mol. The minimum absolute atomic E-state index is 1.31. The molecule has 0 aliphatic heterocycles. The van der Waals surface area contributed by atoms with Crippen molar-refractivity contribution in [3.05, 3.63) is 25.7 Å². The Bertz CT molecular complexity index is 67.5. The first-order chi connectivity index (χ1) is 4.15. The molecule has 0 radical (unpaired) electrons. The van der Waals surface area contributed by atoms with E-state index in [2.05, 4.69) is 17.9 Å². The lowest BCUT2D eigenvalue weighted by molar-refractivity contribution is 0.406. The highest BCUT2D eigenvalue weighted by Gasteiger charge is 2.06. The molecule has 0 atom stereocenters. The summed E-state index contributed by atoms with van der Waals surface area (Å²) in [6.45, 7) is 6.51. The molecule has 9 heavy (non-hydrogen) atoms. The van der Waals surface area contributed by atoms with Crippen molar-refractivity contribution in [2.24, 2.45) is 0 Å². The van der Waals surface area contributed by atoms with E-state index >= 15 is 0 Å². The van der Waals surface area contributed by atoms with Crippen molar-refractivity contribution in [2.75, 3.05) is 0 Å². The lowest BCUT2D eigenvalue weighted by atomic mass is 10.5. The lowest BCUT2D eigenvalue weighted by Crippen LogP contribution is -1.76. The minimum atomic E-state index is -3.67. The molecule has 0 saturated carbocycles. The van der Waals surface area contributed by atoms with Gasteiger partial charge in [-0.15, -0.1) is 0 Å². The van der Waals surface area contributed by atoms with E-state index in [1.54, 1.807) is 0 Å². The molecule has 0 fully saturated rings. The van der Waals surface area contributed by atoms with Gasteiger partial charge in [-0.2, -0.15) is 0 Å². The van der Waals surface area contributed by atoms with Crippen molar-refractivity contribution in [3.63, 3.8) is 0 Å². The van der Waals surface area contributed by atoms with Crippen molar-refractivity contribution < 1.29 is 17.7 Å². The largest absolute Gasteiger partial charge is 0.762 e. The van der Waals surface area contributed by atoms with Gasteiger partial charge in [0.25, 0.3) is 0 Å². The summed E-state index contributed by atoms with van der Waals surface area (Å²) >= 11 is 0. The molecule has 0 unspecified atom stereocenters. The summed E-state index contributed by atoms with van der Waals surface area (Å²) in [7, 11) is -3.67. The molecule has 0 aliphatic carbocycles. The third-order valence-electron chi connectivity index (χ3n) is 0.192. The fourth-order valence-corrected chi connectivity index (χ4v) is 0.0680. The molecule has 0 aromatic carbocycles. The maximum absolute atomic E-state index is 9.67. The zero-order chi connectivity index (χ0) is 7.70. The smallest absolute Gasteiger partial charge is 0.474 e. The molecule has 0 spiro atoms. The zero-order valence-electron chi connectivity index (χ0n) is 4.69. The number of ether oxygens (including phenoxy) is 1. The van der Waals surface area contributed by atoms with Crippen LogP contribution < -0.4 is 0 Å². The highest BCUT2D eigenvalue weighted by molar-refractivity contribution is 6.33. The Morgan fingerprint density at radius 2 is 1.33 bits per heavy atom. The molecule has 0 heterocycles. The molecular formula is C4H6BF3O. The summed E-state index contributed by atoms with van der Waals surface area (Å²) in [5.74, 6) is 0. The molecule has 0 aromatic rings. The van der Waals surface area contributed by atoms with Gasteiger partial charge in [-0.05, 0) is 0 Å². The van der Waals surface area contributed by atoms with Gasteiger partial charge in [0, 0.05) is 0 Å². The summed E-state index contributed by atoms with van der Waals surface area (Å²) in [5.41, 5.74) is 0. The summed E-state index contributed by atoms with van der Waals surface area (Å²) in [6, 6.07) is 0. The van der Waals surface area contributed by atoms with Crippen molar-refractivity contribution in [2.45, 2.75) is 0 Å². The van der Waals surface area contributed by atoms with Crippen LogP contribution in [0.15, 0.2) is 25.7 Å². The van der Waals surface area contributed by atoms with Crippen LogP contribution in [0.3, 0.4) is 0 Å². The van der Waals surface area contributed by atoms with Gasteiger partial charge in [0.2, 0.25) is 0 Å². The molecule has 52 valence electrons. The first kappa shape index (κ1) is 11.0. The van der Waals surface area contributed by atoms with Crippen molar-refractivity contribution >= 4 is 7.54 Å². The molecule has 5 heteroatoms. The topological polar surface area (TPSA) is 9.23 Å². The quantitative estimate of drug-likeness (QED) is 0.419. The van der Waals surface area contributed by atoms with E-state index in [0.717, 1.165) is 0 Å². The van der Waals surface area contributed by atoms with Crippen LogP contribution in [0.25, 0.3) is 0 Å². The van der Waals surface area contributed by atoms with Gasteiger partial charge < -0.3 is 4.74 Å². The molecule has 0 bridgehead atoms. The highest BCUT2D eigenvalue weighted by atomic mass is 19.4. The van der Waals surface area contributed by atoms with Crippen molar-refractivity contribution in [1.82, 2.24) is 0 Å². The second kappa shape index (κ2) is 10.2. The lowest BCUT2D eigenvalue weighted by Gasteiger charge is -1.76. The summed E-state index contributed by atoms with van der Waals surface area (Å²) < 4.78 is 33.4. The van der Waals surface area contributed by atoms with Gasteiger partial charge in [-0.25, -0.2) is 0 Å². The normalized spacial score (nSPS) is 6.11. The molecular weight excluding hydrogens is 132 g/mol. The van der Waals surface area contributed by atoms with Gasteiger partial charge >= 0.3 is 7.54 Å². The van der Waals surface area contributed by atoms with E-state index in [0.29, 0.717) is 0 Å². The van der Waals surface area contributed by atoms with Crippen LogP contribution in [0, 0.1) is 0 Å². The average molecular weight is 138 g/mol. The van der Waals surface area contributed by atoms with Gasteiger partial charge in [-0.1, -0.05) is 13.2 Å². The molecule has 0 aromatic heterocycles. The molecule has 0 amide bonds. The van der Waals surface area contributed by atoms with E-state index in [1.165, 1.54) is 12.5 Å². The maximum Gasteiger partial charge on any atom is 0.762 e. The van der Waals surface area contributed by atoms with Crippen LogP contribution in [0.2, 0.25) is 0 Å². The van der Waals surface area contributed by atoms with E-state index in [1.807, 2.05) is 0 Å². The Kier molecular flexibility index (Phi) is 12.5. The Morgan fingerprint density at radius 3 is 1.33 bits per heavy atom. The highest BCUT2D eigenvalue weighted by Crippen LogP contribution is 1.80. The van der Waals surface area contributed by atoms with Crippen molar-refractivity contribution in [3.8, 4) is 0 Å². The Labute approximate surface area is 52.0 Å². The Morgan fingerprint density at radius 1 is 1.11 bits per heavy atom. The first-order valence-corrected chi connectivity index (χ1v) is 1.94. The SMILES string of the molecule is C=COC=C.FB(F)F. The fraction of sp³-hybridized carbons (Fsp3) is 0. The first-order valence-electron chi connectivity index (χ1n) is 1.94. The fourth-order valence-electron chi connectivity index (χ4n) is 0.0680. The van der Waals surface area contributed by atoms with Gasteiger partial charge in [0.05, 0.1) is 12.5 Å². The number of hydrogen-bond donors (Lipinski definition) is 0. The molecule has 0 saturated heterocycles. The second-order valence-electron chi connectivity index (χ2n) is 0.717. The minimum Gasteiger partial charge on any atom is -0.474 e. The van der Waals surface area contributed by atoms with Crippen molar-refractivity contribution in [1.29, 1.82) is 0 Å². The summed E-state index contributed by atoms with van der Waals surface area (Å²) in [6.07, 6.45) is 2.62. The van der Waals surface area contributed by atoms with E-state index in [4.69, 9.17) is 0 Å². The van der Waals surface area contributed by atoms with Gasteiger partial charge in [-0.3, -0.25) is 12.9 Å². The molecule has 0 N–H and O–H groups in total. The molecule has 0 aliphatic rings. The Hall–Kier alpha value is -0.865. The third-order valence-corrected chi connectivity index (χ3v) is 0.192. The van der Waals surface area contributed by atoms with E-state index < -0.39 is 7.54 Å².